The summed E-state index contributed by atoms with van der Waals surface area (Å²) >= 11 is 0. The van der Waals surface area contributed by atoms with Crippen LogP contribution in [0.2, 0.25) is 0 Å². The molecule has 3 aliphatic rings. The molecule has 0 aromatic rings. The molecule has 96 valence electrons. The first-order chi connectivity index (χ1) is 8.08. The molecule has 17 heavy (non-hydrogen) atoms. The van der Waals surface area contributed by atoms with E-state index in [0.29, 0.717) is 25.0 Å². The molecule has 2 saturated carbocycles. The molecule has 0 aromatic carbocycles. The third kappa shape index (κ3) is 2.08. The van der Waals surface area contributed by atoms with E-state index in [1.807, 2.05) is 4.90 Å². The van der Waals surface area contributed by atoms with Crippen molar-refractivity contribution < 1.29 is 9.90 Å². The van der Waals surface area contributed by atoms with Gasteiger partial charge in [0.1, 0.15) is 5.60 Å². The Morgan fingerprint density at radius 2 is 1.71 bits per heavy atom. The van der Waals surface area contributed by atoms with Crippen LogP contribution in [0.25, 0.3) is 0 Å². The molecule has 0 radical (unpaired) electrons. The van der Waals surface area contributed by atoms with Gasteiger partial charge in [-0.25, -0.2) is 0 Å². The van der Waals surface area contributed by atoms with Gasteiger partial charge < -0.3 is 15.7 Å². The van der Waals surface area contributed by atoms with Gasteiger partial charge in [-0.1, -0.05) is 0 Å². The quantitative estimate of drug-likeness (QED) is 0.735. The number of likely N-dealkylation sites (tertiary alicyclic amines) is 1. The first-order valence-corrected chi connectivity index (χ1v) is 6.85. The molecule has 0 spiro atoms. The monoisotopic (exact) mass is 238 g/mol. The highest BCUT2D eigenvalue weighted by molar-refractivity contribution is 5.80. The number of rotatable bonds is 2. The Morgan fingerprint density at radius 1 is 1.12 bits per heavy atom. The maximum Gasteiger partial charge on any atom is 0.225 e. The molecule has 3 N–H and O–H groups in total. The molecule has 2 aliphatic carbocycles. The summed E-state index contributed by atoms with van der Waals surface area (Å²) in [5, 5.41) is 10.2. The van der Waals surface area contributed by atoms with E-state index < -0.39 is 5.60 Å². The number of β-amino-alcohol motifs (C(OH)–C–C–N with tert-alkyl or cyclic N) is 1. The fraction of sp³-hybridized carbons (Fsp3) is 0.923. The van der Waals surface area contributed by atoms with E-state index in [9.17, 15) is 9.90 Å². The largest absolute Gasteiger partial charge is 0.386 e. The van der Waals surface area contributed by atoms with Crippen molar-refractivity contribution in [1.82, 2.24) is 4.90 Å². The van der Waals surface area contributed by atoms with Gasteiger partial charge in [-0.3, -0.25) is 4.79 Å². The summed E-state index contributed by atoms with van der Waals surface area (Å²) in [6.07, 6.45) is 6.07. The zero-order chi connectivity index (χ0) is 12.0. The molecule has 1 saturated heterocycles. The van der Waals surface area contributed by atoms with Crippen LogP contribution in [0.15, 0.2) is 0 Å². The molecule has 3 rings (SSSR count). The average molecular weight is 238 g/mol. The van der Waals surface area contributed by atoms with E-state index in [2.05, 4.69) is 0 Å². The highest BCUT2D eigenvalue weighted by Gasteiger charge is 2.53. The lowest BCUT2D eigenvalue weighted by Gasteiger charge is -2.48. The lowest BCUT2D eigenvalue weighted by atomic mass is 9.82. The summed E-state index contributed by atoms with van der Waals surface area (Å²) in [6, 6.07) is 0.291. The predicted octanol–water partition coefficient (Wildman–Crippen LogP) is 0.487. The van der Waals surface area contributed by atoms with Gasteiger partial charge in [0.05, 0.1) is 13.1 Å². The maximum absolute atomic E-state index is 12.2. The summed E-state index contributed by atoms with van der Waals surface area (Å²) in [7, 11) is 0. The van der Waals surface area contributed by atoms with Crippen molar-refractivity contribution in [2.24, 2.45) is 17.6 Å². The van der Waals surface area contributed by atoms with Crippen molar-refractivity contribution in [2.75, 3.05) is 13.1 Å². The molecular formula is C13H22N2O2. The Kier molecular flexibility index (Phi) is 2.67. The topological polar surface area (TPSA) is 66.6 Å². The Bertz CT molecular complexity index is 313. The van der Waals surface area contributed by atoms with Crippen LogP contribution in [-0.4, -0.2) is 40.6 Å². The predicted molar refractivity (Wildman–Crippen MR) is 64.2 cm³/mol. The minimum atomic E-state index is -0.541. The average Bonchev–Trinajstić information content (AvgIpc) is 3.09. The SMILES string of the molecule is NC1CCC(C(=O)N2CC(O)(C3CC3)C2)CC1. The van der Waals surface area contributed by atoms with Crippen molar-refractivity contribution in [1.29, 1.82) is 0 Å². The summed E-state index contributed by atoms with van der Waals surface area (Å²) < 4.78 is 0. The number of hydrogen-bond donors (Lipinski definition) is 2. The molecule has 4 nitrogen and oxygen atoms in total. The van der Waals surface area contributed by atoms with Crippen LogP contribution >= 0.6 is 0 Å². The van der Waals surface area contributed by atoms with Crippen LogP contribution in [0.1, 0.15) is 38.5 Å². The van der Waals surface area contributed by atoms with Crippen LogP contribution < -0.4 is 5.73 Å². The molecule has 4 heteroatoms. The maximum atomic E-state index is 12.2. The second-order valence-corrected chi connectivity index (χ2v) is 6.18. The van der Waals surface area contributed by atoms with Crippen LogP contribution in [-0.2, 0) is 4.79 Å². The lowest BCUT2D eigenvalue weighted by Crippen LogP contribution is -2.65. The van der Waals surface area contributed by atoms with E-state index in [4.69, 9.17) is 5.73 Å². The number of carbonyl (C=O) groups excluding carboxylic acids is 1. The minimum Gasteiger partial charge on any atom is -0.386 e. The molecule has 1 heterocycles. The zero-order valence-corrected chi connectivity index (χ0v) is 10.3. The van der Waals surface area contributed by atoms with Gasteiger partial charge in [-0.2, -0.15) is 0 Å². The van der Waals surface area contributed by atoms with Crippen LogP contribution in [0.4, 0.5) is 0 Å². The van der Waals surface area contributed by atoms with E-state index in [1.165, 1.54) is 0 Å². The Hall–Kier alpha value is -0.610. The normalized spacial score (nSPS) is 36.5. The molecule has 0 atom stereocenters. The third-order valence-electron chi connectivity index (χ3n) is 4.70. The van der Waals surface area contributed by atoms with E-state index in [0.717, 1.165) is 38.5 Å². The van der Waals surface area contributed by atoms with Crippen LogP contribution in [0, 0.1) is 11.8 Å². The summed E-state index contributed by atoms with van der Waals surface area (Å²) in [5.41, 5.74) is 5.30. The fourth-order valence-electron chi connectivity index (χ4n) is 3.27. The number of amides is 1. The number of nitrogens with zero attached hydrogens (tertiary/aromatic N) is 1. The zero-order valence-electron chi connectivity index (χ0n) is 10.3. The van der Waals surface area contributed by atoms with Crippen molar-refractivity contribution >= 4 is 5.91 Å². The van der Waals surface area contributed by atoms with E-state index in [1.54, 1.807) is 0 Å². The van der Waals surface area contributed by atoms with Crippen molar-refractivity contribution in [3.8, 4) is 0 Å². The molecule has 1 aliphatic heterocycles. The van der Waals surface area contributed by atoms with E-state index >= 15 is 0 Å². The number of hydrogen-bond acceptors (Lipinski definition) is 3. The Labute approximate surface area is 102 Å². The number of carbonyl (C=O) groups is 1. The molecule has 0 aromatic heterocycles. The first kappa shape index (κ1) is 11.5. The van der Waals surface area contributed by atoms with Gasteiger partial charge in [0.25, 0.3) is 0 Å². The lowest BCUT2D eigenvalue weighted by molar-refractivity contribution is -0.164. The highest BCUT2D eigenvalue weighted by atomic mass is 16.3. The molecule has 3 fully saturated rings. The number of nitrogens with two attached hydrogens (primary N) is 1. The summed E-state index contributed by atoms with van der Waals surface area (Å²) in [6.45, 7) is 1.14. The smallest absolute Gasteiger partial charge is 0.225 e. The molecule has 0 unspecified atom stereocenters. The second kappa shape index (κ2) is 3.95. The minimum absolute atomic E-state index is 0.165. The Balaban J connectivity index is 1.51. The first-order valence-electron chi connectivity index (χ1n) is 6.85. The molecular weight excluding hydrogens is 216 g/mol. The van der Waals surface area contributed by atoms with Gasteiger partial charge >= 0.3 is 0 Å². The number of aliphatic hydroxyl groups is 1. The van der Waals surface area contributed by atoms with Crippen LogP contribution in [0.5, 0.6) is 0 Å². The van der Waals surface area contributed by atoms with Crippen LogP contribution in [0.3, 0.4) is 0 Å². The van der Waals surface area contributed by atoms with Gasteiger partial charge in [0.15, 0.2) is 0 Å². The fourth-order valence-corrected chi connectivity index (χ4v) is 3.27. The van der Waals surface area contributed by atoms with Crippen molar-refractivity contribution in [3.05, 3.63) is 0 Å². The van der Waals surface area contributed by atoms with Gasteiger partial charge in [0, 0.05) is 12.0 Å². The second-order valence-electron chi connectivity index (χ2n) is 6.18. The Morgan fingerprint density at radius 3 is 2.24 bits per heavy atom. The van der Waals surface area contributed by atoms with Gasteiger partial charge in [-0.05, 0) is 44.4 Å². The summed E-state index contributed by atoms with van der Waals surface area (Å²) in [5.74, 6) is 0.882. The molecule has 1 amide bonds. The van der Waals surface area contributed by atoms with Crippen molar-refractivity contribution in [3.63, 3.8) is 0 Å². The van der Waals surface area contributed by atoms with Gasteiger partial charge in [0.2, 0.25) is 5.91 Å². The summed E-state index contributed by atoms with van der Waals surface area (Å²) in [4.78, 5) is 14.0. The van der Waals surface area contributed by atoms with Gasteiger partial charge in [-0.15, -0.1) is 0 Å². The van der Waals surface area contributed by atoms with E-state index in [-0.39, 0.29) is 11.8 Å². The third-order valence-corrected chi connectivity index (χ3v) is 4.70. The van der Waals surface area contributed by atoms with Crippen molar-refractivity contribution in [2.45, 2.75) is 50.2 Å². The highest BCUT2D eigenvalue weighted by Crippen LogP contribution is 2.45. The molecule has 0 bridgehead atoms. The standard InChI is InChI=1S/C13H22N2O2/c14-11-5-1-9(2-6-11)12(16)15-7-13(17,8-15)10-3-4-10/h9-11,17H,1-8,14H2.